The summed E-state index contributed by atoms with van der Waals surface area (Å²) >= 11 is 3.87. The molecule has 0 bridgehead atoms. The molecule has 0 heterocycles. The van der Waals surface area contributed by atoms with E-state index in [2.05, 4.69) is 23.3 Å². The first-order valence-electron chi connectivity index (χ1n) is 5.66. The van der Waals surface area contributed by atoms with Gasteiger partial charge < -0.3 is 26.6 Å². The van der Waals surface area contributed by atoms with Crippen LogP contribution in [0.25, 0.3) is 0 Å². The Labute approximate surface area is 120 Å². The smallest absolute Gasteiger partial charge is 0.322 e. The van der Waals surface area contributed by atoms with Crippen LogP contribution in [0.2, 0.25) is 0 Å². The number of rotatable bonds is 9. The van der Waals surface area contributed by atoms with Gasteiger partial charge in [0.25, 0.3) is 0 Å². The van der Waals surface area contributed by atoms with Crippen LogP contribution in [0, 0.1) is 0 Å². The molecule has 6 N–H and O–H groups in total. The Hall–Kier alpha value is -1.81. The van der Waals surface area contributed by atoms with Gasteiger partial charge in [0.2, 0.25) is 11.8 Å². The Balaban J connectivity index is 4.21. The third-order valence-corrected chi connectivity index (χ3v) is 2.61. The minimum Gasteiger partial charge on any atom is -0.480 e. The van der Waals surface area contributed by atoms with Crippen molar-refractivity contribution in [2.75, 3.05) is 12.3 Å². The van der Waals surface area contributed by atoms with E-state index in [0.717, 1.165) is 0 Å². The van der Waals surface area contributed by atoms with Crippen molar-refractivity contribution in [3.63, 3.8) is 0 Å². The topological polar surface area (TPSA) is 159 Å². The summed E-state index contributed by atoms with van der Waals surface area (Å²) in [6.45, 7) is -0.567. The maximum Gasteiger partial charge on any atom is 0.322 e. The Morgan fingerprint density at radius 3 is 2.25 bits per heavy atom. The highest BCUT2D eigenvalue weighted by molar-refractivity contribution is 7.80. The molecule has 0 spiro atoms. The average molecular weight is 311 g/mol. The van der Waals surface area contributed by atoms with Crippen LogP contribution >= 0.6 is 12.6 Å². The van der Waals surface area contributed by atoms with Crippen LogP contribution in [0.4, 0.5) is 0 Å². The summed E-state index contributed by atoms with van der Waals surface area (Å²) in [4.78, 5) is 43.7. The van der Waals surface area contributed by atoms with E-state index in [0.29, 0.717) is 0 Å². The number of aliphatic carboxylic acids is 2. The van der Waals surface area contributed by atoms with Crippen molar-refractivity contribution in [2.24, 2.45) is 5.73 Å². The van der Waals surface area contributed by atoms with Gasteiger partial charge in [-0.05, 0) is 6.42 Å². The van der Waals surface area contributed by atoms with Gasteiger partial charge in [0.15, 0.2) is 0 Å². The predicted octanol–water partition coefficient (Wildman–Crippen LogP) is -2.21. The lowest BCUT2D eigenvalue weighted by atomic mass is 10.3. The van der Waals surface area contributed by atoms with Gasteiger partial charge >= 0.3 is 11.9 Å². The Kier molecular flexibility index (Phi) is 8.32. The zero-order chi connectivity index (χ0) is 15.7. The number of carbonyl (C=O) groups excluding carboxylic acids is 2. The fourth-order valence-electron chi connectivity index (χ4n) is 1.16. The van der Waals surface area contributed by atoms with Crippen molar-refractivity contribution in [1.82, 2.24) is 10.6 Å². The number of thiol groups is 1. The van der Waals surface area contributed by atoms with Gasteiger partial charge in [0.1, 0.15) is 18.6 Å². The highest BCUT2D eigenvalue weighted by Crippen LogP contribution is 1.97. The van der Waals surface area contributed by atoms with Gasteiger partial charge in [0, 0.05) is 12.2 Å². The Morgan fingerprint density at radius 1 is 1.20 bits per heavy atom. The van der Waals surface area contributed by atoms with Crippen molar-refractivity contribution in [1.29, 1.82) is 0 Å². The van der Waals surface area contributed by atoms with E-state index in [1.165, 1.54) is 0 Å². The summed E-state index contributed by atoms with van der Waals surface area (Å²) in [7, 11) is 0. The third-order valence-electron chi connectivity index (χ3n) is 2.25. The largest absolute Gasteiger partial charge is 0.480 e. The molecule has 2 amide bonds. The second-order valence-electron chi connectivity index (χ2n) is 3.90. The fraction of sp³-hybridized carbons (Fsp3) is 0.600. The first kappa shape index (κ1) is 18.2. The number of hydrogen-bond donors (Lipinski definition) is 6. The molecule has 10 heteroatoms. The van der Waals surface area contributed by atoms with Crippen molar-refractivity contribution in [3.05, 3.63) is 0 Å². The Bertz CT molecular complexity index is 389. The van der Waals surface area contributed by atoms with Crippen molar-refractivity contribution >= 4 is 36.4 Å². The SMILES string of the molecule is N[13C@@H]([13CH2][13CH2]C(=O)N[C@@H](CS)C(=O)NCC(=O)O)[13C](=O)O. The number of carboxylic acids is 2. The van der Waals surface area contributed by atoms with Gasteiger partial charge in [-0.2, -0.15) is 12.6 Å². The van der Waals surface area contributed by atoms with E-state index in [1.54, 1.807) is 0 Å². The van der Waals surface area contributed by atoms with E-state index < -0.39 is 42.4 Å². The van der Waals surface area contributed by atoms with Crippen molar-refractivity contribution in [3.8, 4) is 0 Å². The molecule has 0 fully saturated rings. The van der Waals surface area contributed by atoms with Crippen LogP contribution < -0.4 is 16.4 Å². The molecule has 2 atom stereocenters. The fourth-order valence-corrected chi connectivity index (χ4v) is 1.41. The minimum absolute atomic E-state index is 0.0256. The van der Waals surface area contributed by atoms with Gasteiger partial charge in [-0.15, -0.1) is 0 Å². The van der Waals surface area contributed by atoms with Gasteiger partial charge in [-0.3, -0.25) is 19.2 Å². The maximum absolute atomic E-state index is 11.5. The summed E-state index contributed by atoms with van der Waals surface area (Å²) in [6, 6.07) is -2.15. The zero-order valence-electron chi connectivity index (χ0n) is 10.5. The Morgan fingerprint density at radius 2 is 1.80 bits per heavy atom. The summed E-state index contributed by atoms with van der Waals surface area (Å²) in [5.74, 6) is -3.70. The normalized spacial score (nSPS) is 13.1. The van der Waals surface area contributed by atoms with Crippen LogP contribution in [0.1, 0.15) is 12.8 Å². The summed E-state index contributed by atoms with van der Waals surface area (Å²) < 4.78 is 0. The highest BCUT2D eigenvalue weighted by atomic mass is 32.1. The van der Waals surface area contributed by atoms with Crippen LogP contribution in [0.5, 0.6) is 0 Å². The van der Waals surface area contributed by atoms with Crippen LogP contribution in [0.3, 0.4) is 0 Å². The quantitative estimate of drug-likeness (QED) is 0.208. The highest BCUT2D eigenvalue weighted by Gasteiger charge is 2.20. The second-order valence-corrected chi connectivity index (χ2v) is 4.26. The first-order valence-corrected chi connectivity index (χ1v) is 6.29. The number of carbonyl (C=O) groups is 4. The molecule has 0 aliphatic carbocycles. The molecule has 0 rings (SSSR count). The standard InChI is InChI=1S/C10H17N3O6S/c11-5(10(18)19)1-2-7(14)13-6(4-20)9(17)12-3-8(15)16/h5-6,20H,1-4,11H2,(H,12,17)(H,13,14)(H,15,16)(H,18,19)/t5-,6-/m0/s1/i1+1,2+1,5+1,10+1. The summed E-state index contributed by atoms with van der Waals surface area (Å²) in [6.07, 6.45) is -0.235. The van der Waals surface area contributed by atoms with Crippen LogP contribution in [-0.2, 0) is 19.2 Å². The molecule has 0 aliphatic rings. The maximum atomic E-state index is 11.5. The third kappa shape index (κ3) is 7.59. The molecule has 0 aliphatic heterocycles. The molecule has 0 aromatic carbocycles. The van der Waals surface area contributed by atoms with Gasteiger partial charge in [0.05, 0.1) is 0 Å². The zero-order valence-corrected chi connectivity index (χ0v) is 11.4. The van der Waals surface area contributed by atoms with Gasteiger partial charge in [-0.1, -0.05) is 0 Å². The number of carboxylic acid groups (broad SMARTS) is 2. The van der Waals surface area contributed by atoms with Crippen LogP contribution in [-0.4, -0.2) is 58.3 Å². The lowest BCUT2D eigenvalue weighted by molar-refractivity contribution is -0.139. The molecule has 0 saturated carbocycles. The number of hydrogen-bond acceptors (Lipinski definition) is 6. The lowest BCUT2D eigenvalue weighted by Gasteiger charge is -2.16. The average Bonchev–Trinajstić information content (AvgIpc) is 2.38. The number of nitrogens with two attached hydrogens (primary N) is 1. The summed E-state index contributed by atoms with van der Waals surface area (Å²) in [5.41, 5.74) is 5.23. The van der Waals surface area contributed by atoms with E-state index >= 15 is 0 Å². The summed E-state index contributed by atoms with van der Waals surface area (Å²) in [5, 5.41) is 21.4. The number of amides is 2. The lowest BCUT2D eigenvalue weighted by Crippen LogP contribution is -2.49. The second kappa shape index (κ2) is 9.15. The minimum atomic E-state index is -1.22. The van der Waals surface area contributed by atoms with Gasteiger partial charge in [-0.25, -0.2) is 0 Å². The molecule has 0 aromatic heterocycles. The molecular formula is C10H17N3O6S. The predicted molar refractivity (Wildman–Crippen MR) is 71.3 cm³/mol. The molecule has 0 saturated heterocycles. The van der Waals surface area contributed by atoms with E-state index in [-0.39, 0.29) is 18.6 Å². The molecule has 0 radical (unpaired) electrons. The molecule has 0 aromatic rings. The molecular weight excluding hydrogens is 294 g/mol. The monoisotopic (exact) mass is 311 g/mol. The van der Waals surface area contributed by atoms with E-state index in [4.69, 9.17) is 15.9 Å². The van der Waals surface area contributed by atoms with Crippen molar-refractivity contribution < 1.29 is 29.4 Å². The molecule has 114 valence electrons. The molecule has 9 nitrogen and oxygen atoms in total. The van der Waals surface area contributed by atoms with E-state index in [9.17, 15) is 19.2 Å². The molecule has 0 unspecified atom stereocenters. The van der Waals surface area contributed by atoms with Crippen molar-refractivity contribution in [2.45, 2.75) is 24.9 Å². The van der Waals surface area contributed by atoms with Crippen LogP contribution in [0.15, 0.2) is 0 Å². The molecule has 20 heavy (non-hydrogen) atoms. The van der Waals surface area contributed by atoms with E-state index in [1.807, 2.05) is 0 Å². The number of nitrogens with one attached hydrogen (secondary N) is 2. The first-order chi connectivity index (χ1) is 9.27.